The van der Waals surface area contributed by atoms with E-state index in [-0.39, 0.29) is 0 Å². The van der Waals surface area contributed by atoms with Crippen LogP contribution in [-0.4, -0.2) is 10.7 Å². The highest BCUT2D eigenvalue weighted by atomic mass is 79.9. The first-order valence-corrected chi connectivity index (χ1v) is 7.85. The number of rotatable bonds is 4. The highest BCUT2D eigenvalue weighted by Crippen LogP contribution is 2.35. The molecule has 0 saturated heterocycles. The quantitative estimate of drug-likeness (QED) is 0.868. The van der Waals surface area contributed by atoms with Gasteiger partial charge in [0.05, 0.1) is 5.60 Å². The van der Waals surface area contributed by atoms with Crippen LogP contribution in [0.4, 0.5) is 0 Å². The molecule has 0 heterocycles. The zero-order valence-corrected chi connectivity index (χ0v) is 13.0. The Morgan fingerprint density at radius 3 is 2.67 bits per heavy atom. The van der Waals surface area contributed by atoms with Crippen LogP contribution in [0.3, 0.4) is 0 Å². The minimum absolute atomic E-state index is 0.475. The molecule has 0 radical (unpaired) electrons. The Morgan fingerprint density at radius 2 is 2.00 bits per heavy atom. The molecule has 1 N–H and O–H groups in total. The summed E-state index contributed by atoms with van der Waals surface area (Å²) in [5.74, 6) is 0.659. The van der Waals surface area contributed by atoms with Crippen molar-refractivity contribution in [3.8, 4) is 0 Å². The second-order valence-electron chi connectivity index (χ2n) is 5.70. The molecular formula is C16H23BrO. The first-order valence-electron chi connectivity index (χ1n) is 7.06. The molecular weight excluding hydrogens is 288 g/mol. The molecule has 0 aliphatic heterocycles. The van der Waals surface area contributed by atoms with Crippen molar-refractivity contribution in [3.63, 3.8) is 0 Å². The molecule has 18 heavy (non-hydrogen) atoms. The highest BCUT2D eigenvalue weighted by molar-refractivity contribution is 9.10. The fourth-order valence-electron chi connectivity index (χ4n) is 3.10. The van der Waals surface area contributed by atoms with Crippen molar-refractivity contribution in [2.45, 2.75) is 58.0 Å². The van der Waals surface area contributed by atoms with Crippen molar-refractivity contribution in [1.29, 1.82) is 0 Å². The van der Waals surface area contributed by atoms with Crippen LogP contribution < -0.4 is 0 Å². The lowest BCUT2D eigenvalue weighted by Crippen LogP contribution is -2.37. The summed E-state index contributed by atoms with van der Waals surface area (Å²) in [4.78, 5) is 0. The number of benzene rings is 1. The molecule has 100 valence electrons. The molecule has 1 unspecified atom stereocenters. The number of aryl methyl sites for hydroxylation is 1. The van der Waals surface area contributed by atoms with Gasteiger partial charge in [-0.05, 0) is 48.4 Å². The van der Waals surface area contributed by atoms with E-state index in [9.17, 15) is 5.11 Å². The fourth-order valence-corrected chi connectivity index (χ4v) is 3.51. The summed E-state index contributed by atoms with van der Waals surface area (Å²) < 4.78 is 1.15. The molecule has 0 aromatic heterocycles. The molecule has 1 nitrogen and oxygen atoms in total. The number of halogens is 1. The van der Waals surface area contributed by atoms with E-state index >= 15 is 0 Å². The minimum atomic E-state index is -0.475. The third kappa shape index (κ3) is 3.16. The van der Waals surface area contributed by atoms with Crippen LogP contribution >= 0.6 is 15.9 Å². The molecule has 1 aliphatic carbocycles. The van der Waals surface area contributed by atoms with Gasteiger partial charge in [-0.1, -0.05) is 48.7 Å². The van der Waals surface area contributed by atoms with E-state index < -0.39 is 5.60 Å². The predicted octanol–water partition coefficient (Wildman–Crippen LogP) is 4.50. The maximum Gasteiger partial charge on any atom is 0.0693 e. The number of fused-ring (bicyclic) bond motifs is 1. The van der Waals surface area contributed by atoms with Gasteiger partial charge >= 0.3 is 0 Å². The average Bonchev–Trinajstić information content (AvgIpc) is 2.36. The molecule has 0 spiro atoms. The Hall–Kier alpha value is -0.340. The average molecular weight is 311 g/mol. The van der Waals surface area contributed by atoms with Gasteiger partial charge in [-0.15, -0.1) is 0 Å². The Balaban J connectivity index is 2.12. The van der Waals surface area contributed by atoms with Gasteiger partial charge in [0.2, 0.25) is 0 Å². The van der Waals surface area contributed by atoms with Crippen LogP contribution in [0.15, 0.2) is 22.7 Å². The molecule has 1 aliphatic rings. The summed E-state index contributed by atoms with van der Waals surface area (Å²) in [5.41, 5.74) is 2.26. The predicted molar refractivity (Wildman–Crippen MR) is 79.8 cm³/mol. The molecule has 1 aromatic rings. The van der Waals surface area contributed by atoms with Crippen LogP contribution in [0.1, 0.15) is 50.7 Å². The Morgan fingerprint density at radius 1 is 1.28 bits per heavy atom. The van der Waals surface area contributed by atoms with Gasteiger partial charge in [-0.3, -0.25) is 0 Å². The molecule has 0 saturated carbocycles. The van der Waals surface area contributed by atoms with E-state index in [4.69, 9.17) is 0 Å². The normalized spacial score (nSPS) is 23.2. The standard InChI is InChI=1S/C16H23BrO/c1-3-12(4-2)10-16(18)8-7-13-9-15(17)6-5-14(13)11-16/h5-6,9,12,18H,3-4,7-8,10-11H2,1-2H3. The van der Waals surface area contributed by atoms with E-state index in [2.05, 4.69) is 48.0 Å². The Labute approximate surface area is 119 Å². The zero-order chi connectivity index (χ0) is 13.2. The number of aliphatic hydroxyl groups is 1. The lowest BCUT2D eigenvalue weighted by molar-refractivity contribution is 0.00146. The lowest BCUT2D eigenvalue weighted by atomic mass is 9.75. The van der Waals surface area contributed by atoms with Crippen molar-refractivity contribution in [2.75, 3.05) is 0 Å². The van der Waals surface area contributed by atoms with Crippen LogP contribution in [0.25, 0.3) is 0 Å². The van der Waals surface area contributed by atoms with Gasteiger partial charge in [0.25, 0.3) is 0 Å². The SMILES string of the molecule is CCC(CC)CC1(O)CCc2cc(Br)ccc2C1. The second-order valence-corrected chi connectivity index (χ2v) is 6.62. The molecule has 0 amide bonds. The third-order valence-corrected chi connectivity index (χ3v) is 4.86. The first kappa shape index (κ1) is 14.1. The van der Waals surface area contributed by atoms with Gasteiger partial charge in [0.1, 0.15) is 0 Å². The van der Waals surface area contributed by atoms with Crippen molar-refractivity contribution < 1.29 is 5.11 Å². The smallest absolute Gasteiger partial charge is 0.0693 e. The lowest BCUT2D eigenvalue weighted by Gasteiger charge is -2.36. The molecule has 2 rings (SSSR count). The van der Waals surface area contributed by atoms with E-state index in [0.717, 1.165) is 30.2 Å². The van der Waals surface area contributed by atoms with E-state index in [0.29, 0.717) is 5.92 Å². The number of hydrogen-bond donors (Lipinski definition) is 1. The van der Waals surface area contributed by atoms with Crippen molar-refractivity contribution in [2.24, 2.45) is 5.92 Å². The first-order chi connectivity index (χ1) is 8.56. The molecule has 0 fully saturated rings. The summed E-state index contributed by atoms with van der Waals surface area (Å²) in [7, 11) is 0. The Bertz CT molecular complexity index is 412. The van der Waals surface area contributed by atoms with Gasteiger partial charge < -0.3 is 5.11 Å². The fraction of sp³-hybridized carbons (Fsp3) is 0.625. The van der Waals surface area contributed by atoms with Crippen molar-refractivity contribution >= 4 is 15.9 Å². The summed E-state index contributed by atoms with van der Waals surface area (Å²) in [6.07, 6.45) is 6.04. The van der Waals surface area contributed by atoms with Crippen LogP contribution in [0.5, 0.6) is 0 Å². The molecule has 1 atom stereocenters. The third-order valence-electron chi connectivity index (χ3n) is 4.37. The van der Waals surface area contributed by atoms with E-state index in [1.165, 1.54) is 24.0 Å². The van der Waals surface area contributed by atoms with E-state index in [1.54, 1.807) is 0 Å². The minimum Gasteiger partial charge on any atom is -0.390 e. The highest BCUT2D eigenvalue weighted by Gasteiger charge is 2.33. The summed E-state index contributed by atoms with van der Waals surface area (Å²) in [6.45, 7) is 4.46. The van der Waals surface area contributed by atoms with Crippen molar-refractivity contribution in [3.05, 3.63) is 33.8 Å². The maximum absolute atomic E-state index is 10.8. The second kappa shape index (κ2) is 5.75. The summed E-state index contributed by atoms with van der Waals surface area (Å²) in [6, 6.07) is 6.45. The zero-order valence-electron chi connectivity index (χ0n) is 11.4. The van der Waals surface area contributed by atoms with Gasteiger partial charge in [-0.2, -0.15) is 0 Å². The van der Waals surface area contributed by atoms with Crippen molar-refractivity contribution in [1.82, 2.24) is 0 Å². The Kier molecular flexibility index (Phi) is 4.50. The van der Waals surface area contributed by atoms with Gasteiger partial charge in [0.15, 0.2) is 0 Å². The van der Waals surface area contributed by atoms with E-state index in [1.807, 2.05) is 0 Å². The largest absolute Gasteiger partial charge is 0.390 e. The summed E-state index contributed by atoms with van der Waals surface area (Å²) >= 11 is 3.52. The van der Waals surface area contributed by atoms with Crippen LogP contribution in [-0.2, 0) is 12.8 Å². The molecule has 0 bridgehead atoms. The topological polar surface area (TPSA) is 20.2 Å². The van der Waals surface area contributed by atoms with Crippen LogP contribution in [0, 0.1) is 5.92 Å². The van der Waals surface area contributed by atoms with Gasteiger partial charge in [-0.25, -0.2) is 0 Å². The van der Waals surface area contributed by atoms with Gasteiger partial charge in [0, 0.05) is 10.9 Å². The van der Waals surface area contributed by atoms with Crippen LogP contribution in [0.2, 0.25) is 0 Å². The number of hydrogen-bond acceptors (Lipinski definition) is 1. The monoisotopic (exact) mass is 310 g/mol. The molecule has 1 aromatic carbocycles. The summed E-state index contributed by atoms with van der Waals surface area (Å²) in [5, 5.41) is 10.8. The maximum atomic E-state index is 10.8. The molecule has 2 heteroatoms.